The summed E-state index contributed by atoms with van der Waals surface area (Å²) in [7, 11) is 0. The van der Waals surface area contributed by atoms with Gasteiger partial charge in [0.1, 0.15) is 12.4 Å². The van der Waals surface area contributed by atoms with Crippen molar-refractivity contribution in [2.45, 2.75) is 12.5 Å². The zero-order valence-corrected chi connectivity index (χ0v) is 3.63. The molecule has 1 unspecified atom stereocenters. The van der Waals surface area contributed by atoms with Crippen LogP contribution in [0.1, 0.15) is 6.42 Å². The summed E-state index contributed by atoms with van der Waals surface area (Å²) in [5.41, 5.74) is 0. The Morgan fingerprint density at radius 3 is 2.57 bits per heavy atom. The summed E-state index contributed by atoms with van der Waals surface area (Å²) < 4.78 is 0. The molecular formula is C4H5O3. The number of carbonyl (C=O) groups excluding carboxylic acids is 2. The highest BCUT2D eigenvalue weighted by molar-refractivity contribution is 5.63. The molecule has 1 radical (unpaired) electrons. The van der Waals surface area contributed by atoms with Gasteiger partial charge in [-0.2, -0.15) is 0 Å². The fourth-order valence-corrected chi connectivity index (χ4v) is 0.133. The average Bonchev–Trinajstić information content (AvgIpc) is 1.68. The first-order chi connectivity index (χ1) is 3.31. The van der Waals surface area contributed by atoms with Crippen molar-refractivity contribution in [1.82, 2.24) is 0 Å². The van der Waals surface area contributed by atoms with Crippen molar-refractivity contribution in [3.05, 3.63) is 0 Å². The lowest BCUT2D eigenvalue weighted by molar-refractivity contribution is -0.114. The van der Waals surface area contributed by atoms with Crippen LogP contribution in [0, 0.1) is 0 Å². The highest BCUT2D eigenvalue weighted by Gasteiger charge is 1.96. The maximum absolute atomic E-state index is 9.47. The topological polar surface area (TPSA) is 54.4 Å². The third-order valence-corrected chi connectivity index (χ3v) is 0.450. The van der Waals surface area contributed by atoms with Crippen LogP contribution in [-0.4, -0.2) is 23.8 Å². The molecule has 0 saturated carbocycles. The van der Waals surface area contributed by atoms with E-state index in [-0.39, 0.29) is 6.42 Å². The molecule has 0 aliphatic carbocycles. The standard InChI is InChI=1S/C4H5O3/c5-2-1-4(7)3-6/h3-4,7H,1H2. The molecule has 0 spiro atoms. The Labute approximate surface area is 41.0 Å². The SMILES string of the molecule is O=[C]CC(O)C=O. The van der Waals surface area contributed by atoms with Gasteiger partial charge in [-0.3, -0.25) is 4.79 Å². The Bertz CT molecular complexity index is 69.3. The molecule has 39 valence electrons. The van der Waals surface area contributed by atoms with Gasteiger partial charge in [0.25, 0.3) is 0 Å². The molecule has 3 heteroatoms. The first kappa shape index (κ1) is 6.30. The average molecular weight is 101 g/mol. The maximum atomic E-state index is 9.47. The van der Waals surface area contributed by atoms with E-state index in [1.165, 1.54) is 6.29 Å². The molecule has 0 bridgehead atoms. The van der Waals surface area contributed by atoms with E-state index in [2.05, 4.69) is 0 Å². The van der Waals surface area contributed by atoms with Gasteiger partial charge in [0.2, 0.25) is 6.29 Å². The molecule has 0 fully saturated rings. The third kappa shape index (κ3) is 3.12. The predicted molar refractivity (Wildman–Crippen MR) is 22.4 cm³/mol. The van der Waals surface area contributed by atoms with Crippen LogP contribution in [0.15, 0.2) is 0 Å². The molecule has 0 aromatic carbocycles. The van der Waals surface area contributed by atoms with Gasteiger partial charge in [-0.25, -0.2) is 0 Å². The molecular weight excluding hydrogens is 96.0 g/mol. The first-order valence-electron chi connectivity index (χ1n) is 1.79. The van der Waals surface area contributed by atoms with Crippen molar-refractivity contribution in [3.8, 4) is 0 Å². The van der Waals surface area contributed by atoms with Crippen LogP contribution in [0.3, 0.4) is 0 Å². The molecule has 1 atom stereocenters. The van der Waals surface area contributed by atoms with Crippen molar-refractivity contribution in [2.75, 3.05) is 0 Å². The number of aldehydes is 1. The van der Waals surface area contributed by atoms with Crippen molar-refractivity contribution in [1.29, 1.82) is 0 Å². The summed E-state index contributed by atoms with van der Waals surface area (Å²) in [6.45, 7) is 0. The quantitative estimate of drug-likeness (QED) is 0.466. The Morgan fingerprint density at radius 2 is 2.43 bits per heavy atom. The van der Waals surface area contributed by atoms with Crippen molar-refractivity contribution < 1.29 is 14.7 Å². The Balaban J connectivity index is 3.15. The third-order valence-electron chi connectivity index (χ3n) is 0.450. The van der Waals surface area contributed by atoms with E-state index < -0.39 is 6.10 Å². The van der Waals surface area contributed by atoms with Gasteiger partial charge in [0.15, 0.2) is 0 Å². The number of hydrogen-bond acceptors (Lipinski definition) is 3. The molecule has 0 saturated heterocycles. The lowest BCUT2D eigenvalue weighted by atomic mass is 10.3. The van der Waals surface area contributed by atoms with Crippen molar-refractivity contribution in [2.24, 2.45) is 0 Å². The molecule has 0 aliphatic rings. The number of hydrogen-bond donors (Lipinski definition) is 1. The van der Waals surface area contributed by atoms with E-state index in [1.54, 1.807) is 0 Å². The van der Waals surface area contributed by atoms with Crippen LogP contribution in [0.2, 0.25) is 0 Å². The van der Waals surface area contributed by atoms with Crippen molar-refractivity contribution in [3.63, 3.8) is 0 Å². The Hall–Kier alpha value is -0.700. The minimum absolute atomic E-state index is 0.219. The second-order valence-electron chi connectivity index (χ2n) is 1.05. The molecule has 0 heterocycles. The van der Waals surface area contributed by atoms with E-state index in [9.17, 15) is 9.59 Å². The lowest BCUT2D eigenvalue weighted by Gasteiger charge is -1.88. The van der Waals surface area contributed by atoms with Gasteiger partial charge in [0, 0.05) is 6.42 Å². The Kier molecular flexibility index (Phi) is 3.14. The van der Waals surface area contributed by atoms with Crippen LogP contribution in [0.25, 0.3) is 0 Å². The fourth-order valence-electron chi connectivity index (χ4n) is 0.133. The molecule has 0 aliphatic heterocycles. The van der Waals surface area contributed by atoms with Crippen LogP contribution in [0.5, 0.6) is 0 Å². The van der Waals surface area contributed by atoms with E-state index in [4.69, 9.17) is 5.11 Å². The summed E-state index contributed by atoms with van der Waals surface area (Å²) in [4.78, 5) is 18.8. The monoisotopic (exact) mass is 101 g/mol. The Morgan fingerprint density at radius 1 is 1.86 bits per heavy atom. The normalized spacial score (nSPS) is 12.7. The van der Waals surface area contributed by atoms with Gasteiger partial charge in [0.05, 0.1) is 0 Å². The van der Waals surface area contributed by atoms with Gasteiger partial charge in [-0.15, -0.1) is 0 Å². The molecule has 7 heavy (non-hydrogen) atoms. The summed E-state index contributed by atoms with van der Waals surface area (Å²) in [5, 5.41) is 8.23. The molecule has 1 N–H and O–H groups in total. The second-order valence-corrected chi connectivity index (χ2v) is 1.05. The first-order valence-corrected chi connectivity index (χ1v) is 1.79. The van der Waals surface area contributed by atoms with E-state index >= 15 is 0 Å². The number of rotatable bonds is 3. The number of carbonyl (C=O) groups is 1. The van der Waals surface area contributed by atoms with Crippen LogP contribution < -0.4 is 0 Å². The van der Waals surface area contributed by atoms with Gasteiger partial charge in [-0.1, -0.05) is 0 Å². The summed E-state index contributed by atoms with van der Waals surface area (Å²) in [5.74, 6) is 0. The van der Waals surface area contributed by atoms with E-state index in [1.807, 2.05) is 0 Å². The van der Waals surface area contributed by atoms with Crippen LogP contribution in [0.4, 0.5) is 0 Å². The number of aliphatic hydroxyl groups is 1. The minimum Gasteiger partial charge on any atom is -0.385 e. The molecule has 3 nitrogen and oxygen atoms in total. The summed E-state index contributed by atoms with van der Waals surface area (Å²) >= 11 is 0. The molecule has 0 aromatic heterocycles. The van der Waals surface area contributed by atoms with Gasteiger partial charge < -0.3 is 9.90 Å². The summed E-state index contributed by atoms with van der Waals surface area (Å²) in [6, 6.07) is 0. The molecule has 0 amide bonds. The zero-order chi connectivity index (χ0) is 5.70. The maximum Gasteiger partial charge on any atom is 0.201 e. The highest BCUT2D eigenvalue weighted by atomic mass is 16.3. The van der Waals surface area contributed by atoms with Gasteiger partial charge in [-0.05, 0) is 0 Å². The van der Waals surface area contributed by atoms with E-state index in [0.717, 1.165) is 0 Å². The van der Waals surface area contributed by atoms with E-state index in [0.29, 0.717) is 6.29 Å². The fraction of sp³-hybridized carbons (Fsp3) is 0.500. The number of aliphatic hydroxyl groups excluding tert-OH is 1. The van der Waals surface area contributed by atoms with Crippen LogP contribution in [-0.2, 0) is 9.59 Å². The van der Waals surface area contributed by atoms with Crippen LogP contribution >= 0.6 is 0 Å². The zero-order valence-electron chi connectivity index (χ0n) is 3.63. The highest BCUT2D eigenvalue weighted by Crippen LogP contribution is 1.78. The smallest absolute Gasteiger partial charge is 0.201 e. The van der Waals surface area contributed by atoms with Gasteiger partial charge >= 0.3 is 0 Å². The second kappa shape index (κ2) is 3.49. The molecule has 0 aromatic rings. The lowest BCUT2D eigenvalue weighted by Crippen LogP contribution is -2.06. The summed E-state index contributed by atoms with van der Waals surface area (Å²) in [6.07, 6.45) is 0.310. The minimum atomic E-state index is -1.16. The van der Waals surface area contributed by atoms with Crippen molar-refractivity contribution >= 4 is 12.6 Å². The molecule has 0 rings (SSSR count). The predicted octanol–water partition coefficient (Wildman–Crippen LogP) is -0.954. The largest absolute Gasteiger partial charge is 0.385 e.